The smallest absolute Gasteiger partial charge is 0.329 e. The fraction of sp³-hybridized carbons (Fsp3) is 0.842. The zero-order chi connectivity index (χ0) is 17.7. The molecule has 0 spiro atoms. The lowest BCUT2D eigenvalue weighted by Gasteiger charge is -2.11. The maximum Gasteiger partial charge on any atom is 0.329 e. The monoisotopic (exact) mass is 351 g/mol. The molecule has 0 aromatic rings. The predicted octanol–water partition coefficient (Wildman–Crippen LogP) is 3.06. The number of hydrogen-bond donors (Lipinski definition) is 2. The minimum Gasteiger partial charge on any atom is -0.376 e. The molecule has 1 saturated heterocycles. The Morgan fingerprint density at radius 2 is 1.48 bits per heavy atom. The number of nitrogens with zero attached hydrogens (tertiary/aromatic N) is 1. The lowest BCUT2D eigenvalue weighted by atomic mass is 10.00. The van der Waals surface area contributed by atoms with Crippen LogP contribution in [0.4, 0.5) is 0 Å². The van der Waals surface area contributed by atoms with Gasteiger partial charge in [0.1, 0.15) is 0 Å². The van der Waals surface area contributed by atoms with Gasteiger partial charge in [-0.05, 0) is 38.5 Å². The molecule has 2 N–H and O–H groups in total. The number of carbonyl (C=O) groups is 2. The van der Waals surface area contributed by atoms with E-state index in [2.05, 4.69) is 15.8 Å². The molecule has 1 saturated carbocycles. The highest BCUT2D eigenvalue weighted by Gasteiger charge is 2.19. The Morgan fingerprint density at radius 1 is 0.880 bits per heavy atom. The summed E-state index contributed by atoms with van der Waals surface area (Å²) in [5.41, 5.74) is 3.45. The Morgan fingerprint density at radius 3 is 2.04 bits per heavy atom. The molecule has 1 aliphatic carbocycles. The van der Waals surface area contributed by atoms with Gasteiger partial charge >= 0.3 is 11.8 Å². The van der Waals surface area contributed by atoms with Gasteiger partial charge in [-0.2, -0.15) is 5.10 Å². The summed E-state index contributed by atoms with van der Waals surface area (Å²) in [6.45, 7) is 1.13. The van der Waals surface area contributed by atoms with E-state index in [0.29, 0.717) is 6.54 Å². The molecular formula is C19H33N3O3. The molecule has 0 bridgehead atoms. The van der Waals surface area contributed by atoms with Gasteiger partial charge in [0, 0.05) is 18.9 Å². The number of hydrazone groups is 1. The van der Waals surface area contributed by atoms with E-state index in [0.717, 1.165) is 50.8 Å². The Hall–Kier alpha value is -1.43. The molecule has 0 radical (unpaired) electrons. The predicted molar refractivity (Wildman–Crippen MR) is 98.3 cm³/mol. The highest BCUT2D eigenvalue weighted by atomic mass is 16.5. The van der Waals surface area contributed by atoms with Gasteiger partial charge in [-0.1, -0.05) is 44.9 Å². The molecular weight excluding hydrogens is 318 g/mol. The van der Waals surface area contributed by atoms with Crippen molar-refractivity contribution in [1.29, 1.82) is 0 Å². The molecule has 0 aromatic heterocycles. The standard InChI is InChI=1S/C19H33N3O3/c23-18(20-15-17-13-10-14-25-17)19(24)22-21-16-11-8-6-4-2-1-3-5-7-9-12-16/h17H,1-15H2,(H,20,23)(H,22,24). The zero-order valence-electron chi connectivity index (χ0n) is 15.4. The van der Waals surface area contributed by atoms with Crippen LogP contribution >= 0.6 is 0 Å². The third kappa shape index (κ3) is 8.47. The fourth-order valence-corrected chi connectivity index (χ4v) is 3.41. The molecule has 0 aromatic carbocycles. The fourth-order valence-electron chi connectivity index (χ4n) is 3.41. The van der Waals surface area contributed by atoms with Crippen LogP contribution in [-0.2, 0) is 14.3 Å². The SMILES string of the molecule is O=C(NCC1CCCO1)C(=O)NN=C1CCCCCCCCCCC1. The van der Waals surface area contributed by atoms with Gasteiger partial charge in [0.15, 0.2) is 0 Å². The summed E-state index contributed by atoms with van der Waals surface area (Å²) in [5.74, 6) is -1.32. The van der Waals surface area contributed by atoms with Crippen molar-refractivity contribution in [2.45, 2.75) is 89.6 Å². The van der Waals surface area contributed by atoms with Crippen molar-refractivity contribution < 1.29 is 14.3 Å². The second-order valence-electron chi connectivity index (χ2n) is 7.15. The van der Waals surface area contributed by atoms with Gasteiger partial charge in [0.25, 0.3) is 0 Å². The molecule has 1 aliphatic heterocycles. The van der Waals surface area contributed by atoms with Crippen molar-refractivity contribution in [2.24, 2.45) is 5.10 Å². The third-order valence-corrected chi connectivity index (χ3v) is 4.97. The van der Waals surface area contributed by atoms with E-state index >= 15 is 0 Å². The molecule has 2 fully saturated rings. The molecule has 1 atom stereocenters. The lowest BCUT2D eigenvalue weighted by molar-refractivity contribution is -0.139. The number of amides is 2. The molecule has 2 rings (SSSR count). The first-order valence-corrected chi connectivity index (χ1v) is 10.0. The first-order valence-electron chi connectivity index (χ1n) is 10.0. The Kier molecular flexibility index (Phi) is 9.55. The minimum atomic E-state index is -0.684. The van der Waals surface area contributed by atoms with E-state index in [1.807, 2.05) is 0 Å². The van der Waals surface area contributed by atoms with E-state index in [1.54, 1.807) is 0 Å². The molecule has 25 heavy (non-hydrogen) atoms. The van der Waals surface area contributed by atoms with Crippen LogP contribution in [0.25, 0.3) is 0 Å². The summed E-state index contributed by atoms with van der Waals surface area (Å²) < 4.78 is 5.43. The van der Waals surface area contributed by atoms with Crippen molar-refractivity contribution in [1.82, 2.24) is 10.7 Å². The van der Waals surface area contributed by atoms with Gasteiger partial charge in [0.05, 0.1) is 6.10 Å². The van der Waals surface area contributed by atoms with Crippen LogP contribution in [-0.4, -0.2) is 36.8 Å². The van der Waals surface area contributed by atoms with Crippen LogP contribution in [0.3, 0.4) is 0 Å². The van der Waals surface area contributed by atoms with E-state index in [4.69, 9.17) is 4.74 Å². The highest BCUT2D eigenvalue weighted by molar-refractivity contribution is 6.35. The molecule has 2 amide bonds. The van der Waals surface area contributed by atoms with Crippen molar-refractivity contribution in [3.8, 4) is 0 Å². The number of nitrogens with one attached hydrogen (secondary N) is 2. The van der Waals surface area contributed by atoms with E-state index in [-0.39, 0.29) is 6.10 Å². The molecule has 1 heterocycles. The lowest BCUT2D eigenvalue weighted by Crippen LogP contribution is -2.41. The number of carbonyl (C=O) groups excluding carboxylic acids is 2. The Balaban J connectivity index is 1.72. The average Bonchev–Trinajstić information content (AvgIpc) is 3.12. The maximum atomic E-state index is 11.9. The van der Waals surface area contributed by atoms with Crippen LogP contribution in [0.2, 0.25) is 0 Å². The summed E-state index contributed by atoms with van der Waals surface area (Å²) in [4.78, 5) is 23.7. The summed E-state index contributed by atoms with van der Waals surface area (Å²) in [7, 11) is 0. The minimum absolute atomic E-state index is 0.0365. The van der Waals surface area contributed by atoms with Gasteiger partial charge in [-0.25, -0.2) is 5.43 Å². The molecule has 6 heteroatoms. The first kappa shape index (κ1) is 19.9. The molecule has 1 unspecified atom stereocenters. The highest BCUT2D eigenvalue weighted by Crippen LogP contribution is 2.15. The number of hydrogen-bond acceptors (Lipinski definition) is 4. The van der Waals surface area contributed by atoms with Gasteiger partial charge in [0.2, 0.25) is 0 Å². The second-order valence-corrected chi connectivity index (χ2v) is 7.15. The Bertz CT molecular complexity index is 431. The van der Waals surface area contributed by atoms with E-state index in [9.17, 15) is 9.59 Å². The third-order valence-electron chi connectivity index (χ3n) is 4.97. The van der Waals surface area contributed by atoms with Gasteiger partial charge in [-0.3, -0.25) is 9.59 Å². The van der Waals surface area contributed by atoms with E-state index < -0.39 is 11.8 Å². The van der Waals surface area contributed by atoms with Crippen molar-refractivity contribution >= 4 is 17.5 Å². The van der Waals surface area contributed by atoms with Crippen molar-refractivity contribution in [3.63, 3.8) is 0 Å². The maximum absolute atomic E-state index is 11.9. The molecule has 6 nitrogen and oxygen atoms in total. The topological polar surface area (TPSA) is 79.8 Å². The van der Waals surface area contributed by atoms with Gasteiger partial charge in [-0.15, -0.1) is 0 Å². The first-order chi connectivity index (χ1) is 12.3. The summed E-state index contributed by atoms with van der Waals surface area (Å²) in [5, 5.41) is 6.86. The summed E-state index contributed by atoms with van der Waals surface area (Å²) in [6.07, 6.45) is 15.1. The van der Waals surface area contributed by atoms with Gasteiger partial charge < -0.3 is 10.1 Å². The zero-order valence-corrected chi connectivity index (χ0v) is 15.4. The van der Waals surface area contributed by atoms with E-state index in [1.165, 1.54) is 44.9 Å². The van der Waals surface area contributed by atoms with Crippen LogP contribution in [0.15, 0.2) is 5.10 Å². The molecule has 142 valence electrons. The number of rotatable bonds is 3. The average molecular weight is 351 g/mol. The largest absolute Gasteiger partial charge is 0.376 e. The van der Waals surface area contributed by atoms with Crippen LogP contribution < -0.4 is 10.7 Å². The number of ether oxygens (including phenoxy) is 1. The van der Waals surface area contributed by atoms with Crippen LogP contribution in [0, 0.1) is 0 Å². The quantitative estimate of drug-likeness (QED) is 0.606. The molecule has 2 aliphatic rings. The van der Waals surface area contributed by atoms with Crippen molar-refractivity contribution in [2.75, 3.05) is 13.2 Å². The van der Waals surface area contributed by atoms with Crippen LogP contribution in [0.1, 0.15) is 83.5 Å². The summed E-state index contributed by atoms with van der Waals surface area (Å²) in [6, 6.07) is 0. The Labute approximate surface area is 151 Å². The van der Waals surface area contributed by atoms with Crippen LogP contribution in [0.5, 0.6) is 0 Å². The summed E-state index contributed by atoms with van der Waals surface area (Å²) >= 11 is 0. The normalized spacial score (nSPS) is 23.2. The van der Waals surface area contributed by atoms with Crippen molar-refractivity contribution in [3.05, 3.63) is 0 Å². The second kappa shape index (κ2) is 12.0.